The molecular formula is C7H11N2OS+. The number of carbonyl (C=O) groups is 1. The van der Waals surface area contributed by atoms with Crippen LogP contribution in [0, 0.1) is 0 Å². The van der Waals surface area contributed by atoms with Gasteiger partial charge in [0, 0.05) is 6.92 Å². The minimum absolute atomic E-state index is 0.154. The molecule has 1 aromatic heterocycles. The topological polar surface area (TPSA) is 25.9 Å². The smallest absolute Gasteiger partial charge is 0.244 e. The summed E-state index contributed by atoms with van der Waals surface area (Å²) in [7, 11) is 1.95. The van der Waals surface area contributed by atoms with Gasteiger partial charge in [-0.2, -0.15) is 0 Å². The largest absolute Gasteiger partial charge is 0.287 e. The molecule has 0 spiro atoms. The fraction of sp³-hybridized carbons (Fsp3) is 0.429. The van der Waals surface area contributed by atoms with E-state index in [1.165, 1.54) is 11.8 Å². The van der Waals surface area contributed by atoms with Gasteiger partial charge in [-0.05, 0) is 11.8 Å². The predicted molar refractivity (Wildman–Crippen MR) is 43.9 cm³/mol. The van der Waals surface area contributed by atoms with E-state index >= 15 is 0 Å². The maximum Gasteiger partial charge on any atom is 0.244 e. The van der Waals surface area contributed by atoms with Crippen molar-refractivity contribution in [3.8, 4) is 0 Å². The average molecular weight is 171 g/mol. The second-order valence-corrected chi connectivity index (χ2v) is 3.48. The van der Waals surface area contributed by atoms with Crippen molar-refractivity contribution in [2.75, 3.05) is 0 Å². The van der Waals surface area contributed by atoms with Crippen LogP contribution in [-0.2, 0) is 17.7 Å². The van der Waals surface area contributed by atoms with E-state index in [4.69, 9.17) is 0 Å². The van der Waals surface area contributed by atoms with Gasteiger partial charge in [-0.3, -0.25) is 4.79 Å². The van der Waals surface area contributed by atoms with E-state index in [1.54, 1.807) is 6.92 Å². The molecule has 1 heterocycles. The molecule has 0 fully saturated rings. The molecule has 0 atom stereocenters. The van der Waals surface area contributed by atoms with Crippen molar-refractivity contribution >= 4 is 16.9 Å². The number of thioether (sulfide) groups is 1. The van der Waals surface area contributed by atoms with Crippen LogP contribution in [0.5, 0.6) is 0 Å². The Kier molecular flexibility index (Phi) is 2.70. The van der Waals surface area contributed by atoms with E-state index in [2.05, 4.69) is 0 Å². The van der Waals surface area contributed by atoms with Crippen LogP contribution in [0.4, 0.5) is 0 Å². The average Bonchev–Trinajstić information content (AvgIpc) is 2.31. The van der Waals surface area contributed by atoms with Gasteiger partial charge in [-0.15, -0.1) is 0 Å². The molecule has 0 aliphatic heterocycles. The summed E-state index contributed by atoms with van der Waals surface area (Å²) in [6.45, 7) is 1.58. The van der Waals surface area contributed by atoms with Crippen LogP contribution in [0.1, 0.15) is 6.92 Å². The van der Waals surface area contributed by atoms with Crippen molar-refractivity contribution in [2.45, 2.75) is 12.8 Å². The first-order valence-corrected chi connectivity index (χ1v) is 4.31. The van der Waals surface area contributed by atoms with E-state index in [0.717, 1.165) is 0 Å². The van der Waals surface area contributed by atoms with Crippen LogP contribution in [0.3, 0.4) is 0 Å². The van der Waals surface area contributed by atoms with Gasteiger partial charge in [0.15, 0.2) is 5.12 Å². The molecule has 0 saturated carbocycles. The molecule has 0 amide bonds. The highest BCUT2D eigenvalue weighted by molar-refractivity contribution is 8.12. The highest BCUT2D eigenvalue weighted by Crippen LogP contribution is 2.03. The standard InChI is InChI=1S/C7H11N2OS/c1-7(10)11-6-9-4-3-8(2)5-9/h3-5H,6H2,1-2H3/q+1. The Hall–Kier alpha value is -0.770. The zero-order valence-corrected chi connectivity index (χ0v) is 7.47. The number of rotatable bonds is 2. The summed E-state index contributed by atoms with van der Waals surface area (Å²) in [5, 5.41) is 0.154. The van der Waals surface area contributed by atoms with Crippen LogP contribution in [0.2, 0.25) is 0 Å². The quantitative estimate of drug-likeness (QED) is 0.607. The number of hydrogen-bond donors (Lipinski definition) is 0. The summed E-state index contributed by atoms with van der Waals surface area (Å²) >= 11 is 1.31. The van der Waals surface area contributed by atoms with E-state index < -0.39 is 0 Å². The number of aryl methyl sites for hydroxylation is 1. The maximum atomic E-state index is 10.6. The highest BCUT2D eigenvalue weighted by Gasteiger charge is 2.00. The highest BCUT2D eigenvalue weighted by atomic mass is 32.2. The Morgan fingerprint density at radius 3 is 2.91 bits per heavy atom. The fourth-order valence-corrected chi connectivity index (χ4v) is 1.23. The molecule has 0 unspecified atom stereocenters. The second-order valence-electron chi connectivity index (χ2n) is 2.36. The van der Waals surface area contributed by atoms with Gasteiger partial charge < -0.3 is 0 Å². The number of nitrogens with zero attached hydrogens (tertiary/aromatic N) is 2. The number of carbonyl (C=O) groups excluding carboxylic acids is 1. The summed E-state index contributed by atoms with van der Waals surface area (Å²) in [5.41, 5.74) is 0. The molecule has 1 aromatic rings. The van der Waals surface area contributed by atoms with E-state index in [1.807, 2.05) is 34.9 Å². The molecule has 3 nitrogen and oxygen atoms in total. The van der Waals surface area contributed by atoms with Crippen LogP contribution < -0.4 is 4.57 Å². The summed E-state index contributed by atoms with van der Waals surface area (Å²) < 4.78 is 3.91. The lowest BCUT2D eigenvalue weighted by Gasteiger charge is -1.90. The van der Waals surface area contributed by atoms with Crippen molar-refractivity contribution in [1.29, 1.82) is 0 Å². The minimum atomic E-state index is 0.154. The number of imidazole rings is 1. The third-order valence-electron chi connectivity index (χ3n) is 1.24. The number of hydrogen-bond acceptors (Lipinski definition) is 2. The summed E-state index contributed by atoms with van der Waals surface area (Å²) in [6.07, 6.45) is 5.83. The molecule has 0 N–H and O–H groups in total. The molecule has 60 valence electrons. The Labute approximate surface area is 70.0 Å². The van der Waals surface area contributed by atoms with Gasteiger partial charge in [-0.25, -0.2) is 9.13 Å². The minimum Gasteiger partial charge on any atom is -0.287 e. The molecule has 11 heavy (non-hydrogen) atoms. The van der Waals surface area contributed by atoms with Gasteiger partial charge >= 0.3 is 0 Å². The van der Waals surface area contributed by atoms with Gasteiger partial charge in [0.2, 0.25) is 6.33 Å². The van der Waals surface area contributed by atoms with Gasteiger partial charge in [0.1, 0.15) is 18.3 Å². The lowest BCUT2D eigenvalue weighted by Crippen LogP contribution is -2.23. The lowest BCUT2D eigenvalue weighted by atomic mass is 10.9. The van der Waals surface area contributed by atoms with E-state index in [-0.39, 0.29) is 5.12 Å². The van der Waals surface area contributed by atoms with Crippen molar-refractivity contribution in [3.63, 3.8) is 0 Å². The van der Waals surface area contributed by atoms with E-state index in [0.29, 0.717) is 5.88 Å². The first kappa shape index (κ1) is 8.33. The van der Waals surface area contributed by atoms with Crippen LogP contribution in [0.15, 0.2) is 18.7 Å². The van der Waals surface area contributed by atoms with Crippen molar-refractivity contribution < 1.29 is 9.36 Å². The SMILES string of the molecule is CC(=O)SCn1cc[n+](C)c1. The van der Waals surface area contributed by atoms with Crippen molar-refractivity contribution in [3.05, 3.63) is 18.7 Å². The summed E-state index contributed by atoms with van der Waals surface area (Å²) in [6, 6.07) is 0. The summed E-state index contributed by atoms with van der Waals surface area (Å²) in [5.74, 6) is 0.705. The third kappa shape index (κ3) is 2.76. The zero-order chi connectivity index (χ0) is 8.27. The molecular weight excluding hydrogens is 160 g/mol. The fourth-order valence-electron chi connectivity index (χ4n) is 0.744. The first-order chi connectivity index (χ1) is 5.18. The van der Waals surface area contributed by atoms with E-state index in [9.17, 15) is 4.79 Å². The molecule has 4 heteroatoms. The predicted octanol–water partition coefficient (Wildman–Crippen LogP) is 0.550. The zero-order valence-electron chi connectivity index (χ0n) is 6.65. The van der Waals surface area contributed by atoms with Crippen LogP contribution >= 0.6 is 11.8 Å². The monoisotopic (exact) mass is 171 g/mol. The normalized spacial score (nSPS) is 10.0. The molecule has 0 bridgehead atoms. The maximum absolute atomic E-state index is 10.6. The second kappa shape index (κ2) is 3.57. The Bertz CT molecular complexity index is 257. The van der Waals surface area contributed by atoms with Gasteiger partial charge in [0.05, 0.1) is 7.05 Å². The van der Waals surface area contributed by atoms with Crippen LogP contribution in [-0.4, -0.2) is 9.68 Å². The van der Waals surface area contributed by atoms with Gasteiger partial charge in [0.25, 0.3) is 0 Å². The van der Waals surface area contributed by atoms with Crippen molar-refractivity contribution in [1.82, 2.24) is 4.57 Å². The molecule has 0 aliphatic carbocycles. The molecule has 0 saturated heterocycles. The Morgan fingerprint density at radius 2 is 2.45 bits per heavy atom. The lowest BCUT2D eigenvalue weighted by molar-refractivity contribution is -0.670. The van der Waals surface area contributed by atoms with Crippen LogP contribution in [0.25, 0.3) is 0 Å². The number of aromatic nitrogens is 2. The van der Waals surface area contributed by atoms with Crippen molar-refractivity contribution in [2.24, 2.45) is 7.05 Å². The molecule has 0 aromatic carbocycles. The Balaban J connectivity index is 2.45. The molecule has 0 radical (unpaired) electrons. The Morgan fingerprint density at radius 1 is 1.73 bits per heavy atom. The molecule has 1 rings (SSSR count). The van der Waals surface area contributed by atoms with Gasteiger partial charge in [-0.1, -0.05) is 0 Å². The first-order valence-electron chi connectivity index (χ1n) is 3.33. The molecule has 0 aliphatic rings. The summed E-state index contributed by atoms with van der Waals surface area (Å²) in [4.78, 5) is 10.6. The third-order valence-corrected chi connectivity index (χ3v) is 2.07.